The van der Waals surface area contributed by atoms with E-state index in [4.69, 9.17) is 9.15 Å². The molecule has 0 aliphatic rings. The van der Waals surface area contributed by atoms with Crippen LogP contribution in [0, 0.1) is 0 Å². The van der Waals surface area contributed by atoms with Crippen LogP contribution < -0.4 is 10.2 Å². The molecule has 2 aromatic rings. The smallest absolute Gasteiger partial charge is 0.173 e. The topological polar surface area (TPSA) is 91.7 Å². The molecule has 1 aromatic heterocycles. The number of benzene rings is 1. The maximum absolute atomic E-state index is 9.19. The van der Waals surface area contributed by atoms with Crippen molar-refractivity contribution in [3.05, 3.63) is 48.4 Å². The van der Waals surface area contributed by atoms with Gasteiger partial charge in [-0.2, -0.15) is 10.2 Å². The molecule has 0 bridgehead atoms. The van der Waals surface area contributed by atoms with Gasteiger partial charge in [-0.25, -0.2) is 4.99 Å². The second-order valence-corrected chi connectivity index (χ2v) is 4.22. The van der Waals surface area contributed by atoms with Crippen molar-refractivity contribution in [1.82, 2.24) is 5.48 Å². The molecule has 7 heteroatoms. The molecule has 0 fully saturated rings. The van der Waals surface area contributed by atoms with Crippen LogP contribution in [0.4, 0.5) is 5.69 Å². The molecular weight excluding hydrogens is 284 g/mol. The third kappa shape index (κ3) is 4.29. The van der Waals surface area contributed by atoms with E-state index in [9.17, 15) is 5.21 Å². The van der Waals surface area contributed by atoms with E-state index in [1.165, 1.54) is 6.21 Å². The van der Waals surface area contributed by atoms with Crippen molar-refractivity contribution >= 4 is 23.4 Å². The van der Waals surface area contributed by atoms with Crippen LogP contribution in [0.5, 0.6) is 5.75 Å². The van der Waals surface area contributed by atoms with Crippen LogP contribution in [0.3, 0.4) is 0 Å². The summed E-state index contributed by atoms with van der Waals surface area (Å²) in [5, 5.41) is 17.0. The third-order valence-electron chi connectivity index (χ3n) is 2.70. The van der Waals surface area contributed by atoms with Crippen LogP contribution in [0.2, 0.25) is 0 Å². The van der Waals surface area contributed by atoms with Gasteiger partial charge in [-0.05, 0) is 43.3 Å². The highest BCUT2D eigenvalue weighted by molar-refractivity contribution is 6.40. The number of nitrogens with zero attached hydrogens (tertiary/aromatic N) is 3. The number of hydroxylamine groups is 1. The van der Waals surface area contributed by atoms with Gasteiger partial charge in [0.15, 0.2) is 5.84 Å². The van der Waals surface area contributed by atoms with Crippen molar-refractivity contribution in [3.63, 3.8) is 0 Å². The lowest BCUT2D eigenvalue weighted by molar-refractivity contribution is 0.236. The Labute approximate surface area is 127 Å². The Kier molecular flexibility index (Phi) is 5.44. The second-order valence-electron chi connectivity index (χ2n) is 4.22. The van der Waals surface area contributed by atoms with E-state index in [0.717, 1.165) is 5.75 Å². The summed E-state index contributed by atoms with van der Waals surface area (Å²) < 4.78 is 10.2. The lowest BCUT2D eigenvalue weighted by atomic mass is 10.3. The highest BCUT2D eigenvalue weighted by Crippen LogP contribution is 2.17. The molecule has 0 spiro atoms. The monoisotopic (exact) mass is 300 g/mol. The Morgan fingerprint density at radius 3 is 2.64 bits per heavy atom. The van der Waals surface area contributed by atoms with Crippen LogP contribution in [0.15, 0.2) is 62.3 Å². The largest absolute Gasteiger partial charge is 0.497 e. The van der Waals surface area contributed by atoms with Crippen molar-refractivity contribution in [2.75, 3.05) is 7.11 Å². The first-order valence-electron chi connectivity index (χ1n) is 6.47. The van der Waals surface area contributed by atoms with Gasteiger partial charge in [0.05, 0.1) is 25.3 Å². The summed E-state index contributed by atoms with van der Waals surface area (Å²) in [4.78, 5) is 4.24. The first-order valence-corrected chi connectivity index (χ1v) is 6.47. The fraction of sp³-hybridized carbons (Fsp3) is 0.133. The fourth-order valence-corrected chi connectivity index (χ4v) is 1.56. The molecule has 7 nitrogen and oxygen atoms in total. The van der Waals surface area contributed by atoms with Crippen molar-refractivity contribution < 1.29 is 14.4 Å². The molecule has 0 atom stereocenters. The maximum Gasteiger partial charge on any atom is 0.173 e. The normalized spacial score (nSPS) is 12.7. The van der Waals surface area contributed by atoms with Crippen LogP contribution in [-0.2, 0) is 0 Å². The average Bonchev–Trinajstić information content (AvgIpc) is 3.06. The second kappa shape index (κ2) is 7.75. The number of rotatable bonds is 5. The van der Waals surface area contributed by atoms with Gasteiger partial charge >= 0.3 is 0 Å². The summed E-state index contributed by atoms with van der Waals surface area (Å²) >= 11 is 0. The third-order valence-corrected chi connectivity index (χ3v) is 2.70. The predicted octanol–water partition coefficient (Wildman–Crippen LogP) is 2.79. The van der Waals surface area contributed by atoms with Gasteiger partial charge in [0.2, 0.25) is 0 Å². The van der Waals surface area contributed by atoms with E-state index in [-0.39, 0.29) is 5.84 Å². The highest BCUT2D eigenvalue weighted by Gasteiger charge is 2.03. The molecule has 0 amide bonds. The molecule has 114 valence electrons. The lowest BCUT2D eigenvalue weighted by Crippen LogP contribution is -2.26. The molecule has 0 aliphatic heterocycles. The zero-order valence-corrected chi connectivity index (χ0v) is 12.2. The molecule has 2 N–H and O–H groups in total. The van der Waals surface area contributed by atoms with Crippen molar-refractivity contribution in [2.45, 2.75) is 6.92 Å². The molecule has 0 aliphatic carbocycles. The summed E-state index contributed by atoms with van der Waals surface area (Å²) in [6, 6.07) is 10.6. The zero-order chi connectivity index (χ0) is 15.8. The number of methoxy groups -OCH3 is 1. The Morgan fingerprint density at radius 1 is 1.27 bits per heavy atom. The lowest BCUT2D eigenvalue weighted by Gasteiger charge is -2.04. The molecular formula is C15H16N4O3. The predicted molar refractivity (Wildman–Crippen MR) is 84.4 cm³/mol. The quantitative estimate of drug-likeness (QED) is 0.504. The minimum absolute atomic E-state index is 0.196. The summed E-state index contributed by atoms with van der Waals surface area (Å²) in [6.07, 6.45) is 3.01. The van der Waals surface area contributed by atoms with Crippen molar-refractivity contribution in [1.29, 1.82) is 0 Å². The SMILES string of the molecule is COc1ccc(N=C(NO)C(C)=NN=Cc2ccco2)cc1. The van der Waals surface area contributed by atoms with Crippen molar-refractivity contribution in [2.24, 2.45) is 15.2 Å². The van der Waals surface area contributed by atoms with Gasteiger partial charge in [0, 0.05) is 0 Å². The summed E-state index contributed by atoms with van der Waals surface area (Å²) in [6.45, 7) is 1.67. The number of ether oxygens (including phenoxy) is 1. The van der Waals surface area contributed by atoms with Crippen LogP contribution in [-0.4, -0.2) is 30.1 Å². The summed E-state index contributed by atoms with van der Waals surface area (Å²) in [5.41, 5.74) is 3.07. The van der Waals surface area contributed by atoms with E-state index in [2.05, 4.69) is 15.2 Å². The number of amidine groups is 1. The van der Waals surface area contributed by atoms with Gasteiger partial charge in [-0.15, -0.1) is 0 Å². The minimum atomic E-state index is 0.196. The molecule has 0 radical (unpaired) electrons. The first-order chi connectivity index (χ1) is 10.7. The Balaban J connectivity index is 2.13. The molecule has 0 saturated heterocycles. The van der Waals surface area contributed by atoms with Crippen molar-refractivity contribution in [3.8, 4) is 5.75 Å². The van der Waals surface area contributed by atoms with Crippen LogP contribution in [0.1, 0.15) is 12.7 Å². The summed E-state index contributed by atoms with van der Waals surface area (Å²) in [5.74, 6) is 1.51. The van der Waals surface area contributed by atoms with Gasteiger partial charge in [-0.1, -0.05) is 0 Å². The molecule has 0 saturated carbocycles. The Bertz CT molecular complexity index is 673. The number of hydrogen-bond donors (Lipinski definition) is 2. The summed E-state index contributed by atoms with van der Waals surface area (Å²) in [7, 11) is 1.59. The Morgan fingerprint density at radius 2 is 2.05 bits per heavy atom. The van der Waals surface area contributed by atoms with Gasteiger partial charge in [0.1, 0.15) is 17.2 Å². The van der Waals surface area contributed by atoms with Gasteiger partial charge in [0.25, 0.3) is 0 Å². The number of furan rings is 1. The van der Waals surface area contributed by atoms with E-state index in [0.29, 0.717) is 17.2 Å². The first kappa shape index (κ1) is 15.5. The van der Waals surface area contributed by atoms with Gasteiger partial charge < -0.3 is 9.15 Å². The molecule has 2 rings (SSSR count). The standard InChI is InChI=1S/C15H16N4O3/c1-11(18-16-10-14-4-3-9-22-14)15(19-20)17-12-5-7-13(21-2)8-6-12/h3-10,20H,1-2H3,(H,17,19). The Hall–Kier alpha value is -2.93. The van der Waals surface area contributed by atoms with E-state index in [1.807, 2.05) is 5.48 Å². The fourth-order valence-electron chi connectivity index (χ4n) is 1.56. The van der Waals surface area contributed by atoms with Crippen LogP contribution in [0.25, 0.3) is 0 Å². The molecule has 22 heavy (non-hydrogen) atoms. The van der Waals surface area contributed by atoms with E-state index < -0.39 is 0 Å². The molecule has 1 aromatic carbocycles. The number of hydrogen-bond acceptors (Lipinski definition) is 6. The van der Waals surface area contributed by atoms with Gasteiger partial charge in [-0.3, -0.25) is 10.7 Å². The highest BCUT2D eigenvalue weighted by atomic mass is 16.5. The number of aliphatic imine (C=N–C) groups is 1. The van der Waals surface area contributed by atoms with E-state index >= 15 is 0 Å². The minimum Gasteiger partial charge on any atom is -0.497 e. The molecule has 0 unspecified atom stereocenters. The maximum atomic E-state index is 9.19. The average molecular weight is 300 g/mol. The molecule has 1 heterocycles. The van der Waals surface area contributed by atoms with Crippen LogP contribution >= 0.6 is 0 Å². The zero-order valence-electron chi connectivity index (χ0n) is 12.2. The number of nitrogens with one attached hydrogen (secondary N) is 1. The van der Waals surface area contributed by atoms with E-state index in [1.54, 1.807) is 56.7 Å².